The van der Waals surface area contributed by atoms with Crippen LogP contribution in [0.4, 0.5) is 0 Å². The van der Waals surface area contributed by atoms with Crippen LogP contribution in [0, 0.1) is 0 Å². The Balaban J connectivity index is -0.0000000569. The molecule has 0 aliphatic rings. The molecule has 0 aliphatic carbocycles. The molecular weight excluding hydrogens is 186 g/mol. The van der Waals surface area contributed by atoms with Crippen molar-refractivity contribution in [2.24, 2.45) is 0 Å². The quantitative estimate of drug-likeness (QED) is 0.221. The van der Waals surface area contributed by atoms with Gasteiger partial charge in [0.1, 0.15) is 11.5 Å². The van der Waals surface area contributed by atoms with E-state index in [9.17, 15) is 0 Å². The Hall–Kier alpha value is 1.29. The van der Waals surface area contributed by atoms with E-state index in [2.05, 4.69) is 13.8 Å². The molecule has 12 heavy (non-hydrogen) atoms. The van der Waals surface area contributed by atoms with Crippen molar-refractivity contribution in [1.82, 2.24) is 0 Å². The van der Waals surface area contributed by atoms with Crippen LogP contribution in [0.3, 0.4) is 0 Å². The van der Waals surface area contributed by atoms with Gasteiger partial charge in [-0.2, -0.15) is 0 Å². The monoisotopic (exact) mass is 203 g/mol. The minimum absolute atomic E-state index is 0. The van der Waals surface area contributed by atoms with Crippen molar-refractivity contribution < 1.29 is 45.1 Å². The molecule has 0 spiro atoms. The fraction of sp³-hybridized carbons (Fsp3) is 1.00. The first kappa shape index (κ1) is 23.3. The third-order valence-corrected chi connectivity index (χ3v) is 2.29. The second kappa shape index (κ2) is 29.5. The molecule has 3 nitrogen and oxygen atoms in total. The van der Waals surface area contributed by atoms with Gasteiger partial charge in [0.15, 0.2) is 7.69 Å². The van der Waals surface area contributed by atoms with Gasteiger partial charge in [0, 0.05) is 0 Å². The molecule has 0 fully saturated rings. The van der Waals surface area contributed by atoms with Gasteiger partial charge < -0.3 is 15.5 Å². The van der Waals surface area contributed by atoms with Gasteiger partial charge in [-0.3, -0.25) is 0 Å². The van der Waals surface area contributed by atoms with E-state index in [1.807, 2.05) is 0 Å². The second-order valence-electron chi connectivity index (χ2n) is 1.78. The zero-order valence-electron chi connectivity index (χ0n) is 8.16. The third-order valence-electron chi connectivity index (χ3n) is 0.763. The molecule has 0 aliphatic heterocycles. The van der Waals surface area contributed by atoms with Gasteiger partial charge >= 0.3 is 29.6 Å². The topological polar surface area (TPSA) is 73.3 Å². The van der Waals surface area contributed by atoms with Crippen LogP contribution in [0.25, 0.3) is 0 Å². The van der Waals surface area contributed by atoms with Crippen molar-refractivity contribution in [3.8, 4) is 0 Å². The molecule has 0 aromatic rings. The molecule has 0 saturated carbocycles. The molecule has 0 amide bonds. The number of rotatable bonds is 4. The first-order chi connectivity index (χ1) is 4.83. The van der Waals surface area contributed by atoms with Gasteiger partial charge in [0.25, 0.3) is 0 Å². The van der Waals surface area contributed by atoms with Crippen molar-refractivity contribution in [3.05, 3.63) is 0 Å². The smallest absolute Gasteiger partial charge is 0.870 e. The fourth-order valence-corrected chi connectivity index (χ4v) is 1.28. The minimum Gasteiger partial charge on any atom is -0.870 e. The molecule has 0 saturated heterocycles. The Morgan fingerprint density at radius 3 is 1.67 bits per heavy atom. The summed E-state index contributed by atoms with van der Waals surface area (Å²) in [5, 5.41) is 15.2. The summed E-state index contributed by atoms with van der Waals surface area (Å²) in [6.45, 7) is 4.48. The average molecular weight is 203 g/mol. The maximum atomic E-state index is 8.36. The molecule has 0 unspecified atom stereocenters. The summed E-state index contributed by atoms with van der Waals surface area (Å²) in [5.74, 6) is 2.79. The zero-order chi connectivity index (χ0) is 8.24. The van der Waals surface area contributed by atoms with E-state index in [1.165, 1.54) is 24.3 Å². The third kappa shape index (κ3) is 42.7. The van der Waals surface area contributed by atoms with Gasteiger partial charge in [0.2, 0.25) is 0 Å². The Bertz CT molecular complexity index is 49.8. The molecule has 0 bridgehead atoms. The fourth-order valence-electron chi connectivity index (χ4n) is 0.428. The summed E-state index contributed by atoms with van der Waals surface area (Å²) < 4.78 is 0. The molecule has 0 heterocycles. The molecule has 69 valence electrons. The summed E-state index contributed by atoms with van der Waals surface area (Å²) in [7, 11) is -0.250. The van der Waals surface area contributed by atoms with E-state index < -0.39 is 0 Å². The Kier molecular flexibility index (Phi) is 57.1. The standard InChI is InChI=1S/C6H14S.BHO2.Na.H2O/c1-3-5-7-6-4-2;2-1-3;;/h3-6H2,1-2H3;2H;;1H2/q;-1;+1;. The maximum Gasteiger partial charge on any atom is 1.00 e. The molecule has 2 N–H and O–H groups in total. The minimum atomic E-state index is -0.250. The summed E-state index contributed by atoms with van der Waals surface area (Å²) in [6, 6.07) is 0. The van der Waals surface area contributed by atoms with Crippen molar-refractivity contribution in [3.63, 3.8) is 0 Å². The van der Waals surface area contributed by atoms with Gasteiger partial charge in [-0.1, -0.05) is 13.8 Å². The molecule has 0 atom stereocenters. The number of hydrogen-bond donors (Lipinski definition) is 1. The predicted octanol–water partition coefficient (Wildman–Crippen LogP) is -3.68. The van der Waals surface area contributed by atoms with E-state index >= 15 is 0 Å². The summed E-state index contributed by atoms with van der Waals surface area (Å²) in [4.78, 5) is 0. The van der Waals surface area contributed by atoms with E-state index in [1.54, 1.807) is 11.8 Å². The molecular formula is C6H17BNaO3S. The Labute approximate surface area is 102 Å². The van der Waals surface area contributed by atoms with Crippen LogP contribution in [-0.2, 0) is 11.8 Å². The van der Waals surface area contributed by atoms with Crippen LogP contribution in [0.2, 0.25) is 0 Å². The van der Waals surface area contributed by atoms with Gasteiger partial charge in [-0.05, 0) is 24.6 Å². The van der Waals surface area contributed by atoms with Crippen LogP contribution in [-0.4, -0.2) is 29.7 Å². The van der Waals surface area contributed by atoms with Gasteiger partial charge in [-0.25, -0.2) is 0 Å². The first-order valence-corrected chi connectivity index (χ1v) is 4.81. The maximum absolute atomic E-state index is 8.36. The summed E-state index contributed by atoms with van der Waals surface area (Å²) in [6.07, 6.45) is 2.70. The van der Waals surface area contributed by atoms with Gasteiger partial charge in [-0.15, -0.1) is 0 Å². The van der Waals surface area contributed by atoms with Crippen LogP contribution in [0.5, 0.6) is 0 Å². The molecule has 0 aromatic carbocycles. The first-order valence-electron chi connectivity index (χ1n) is 3.54. The largest absolute Gasteiger partial charge is 1.00 e. The van der Waals surface area contributed by atoms with Crippen LogP contribution < -0.4 is 34.6 Å². The van der Waals surface area contributed by atoms with Crippen molar-refractivity contribution in [2.45, 2.75) is 26.7 Å². The average Bonchev–Trinajstić information content (AvgIpc) is 1.91. The van der Waals surface area contributed by atoms with Crippen molar-refractivity contribution in [2.75, 3.05) is 11.5 Å². The number of hydrogen-bond acceptors (Lipinski definition) is 3. The summed E-state index contributed by atoms with van der Waals surface area (Å²) >= 11 is 1.64. The van der Waals surface area contributed by atoms with Gasteiger partial charge in [0.05, 0.1) is 0 Å². The number of thiol groups is 1. The van der Waals surface area contributed by atoms with E-state index in [-0.39, 0.29) is 42.7 Å². The molecule has 6 heteroatoms. The van der Waals surface area contributed by atoms with E-state index in [0.717, 1.165) is 0 Å². The zero-order valence-corrected chi connectivity index (χ0v) is 11.1. The Morgan fingerprint density at radius 2 is 1.50 bits per heavy atom. The second-order valence-corrected chi connectivity index (χ2v) is 3.12. The molecule has 1 radical (unpaired) electrons. The predicted molar refractivity (Wildman–Crippen MR) is 49.0 cm³/mol. The normalized spacial score (nSPS) is 6.67. The van der Waals surface area contributed by atoms with E-state index in [4.69, 9.17) is 10.0 Å². The summed E-state index contributed by atoms with van der Waals surface area (Å²) in [5.41, 5.74) is 0. The van der Waals surface area contributed by atoms with Crippen molar-refractivity contribution >= 4 is 19.4 Å². The van der Waals surface area contributed by atoms with Crippen molar-refractivity contribution in [1.29, 1.82) is 0 Å². The van der Waals surface area contributed by atoms with E-state index in [0.29, 0.717) is 0 Å². The molecule has 0 rings (SSSR count). The van der Waals surface area contributed by atoms with Crippen LogP contribution in [0.1, 0.15) is 26.7 Å². The Morgan fingerprint density at radius 1 is 1.25 bits per heavy atom. The van der Waals surface area contributed by atoms with Crippen LogP contribution in [0.15, 0.2) is 0 Å². The molecule has 0 aromatic heterocycles. The van der Waals surface area contributed by atoms with Crippen LogP contribution >= 0.6 is 0 Å². The SMILES string of the molecule is CCC[SH+]CCC.[Na+].[O-][B]O.[OH-].